The number of esters is 3. The number of ether oxygens (including phenoxy) is 3. The van der Waals surface area contributed by atoms with Crippen LogP contribution < -0.4 is 0 Å². The zero-order valence-electron chi connectivity index (χ0n) is 46.2. The minimum absolute atomic E-state index is 0.0636. The Morgan fingerprint density at radius 2 is 0.522 bits per heavy atom. The molecule has 0 heterocycles. The SMILES string of the molecule is CCC(C)CCCCCCCCCCC(=O)OC[C@@H](COC(=O)CCCCCCCCCCCCCCCC(C)C)OC(=O)CCCCCCCCCCCCCCCCCCCCC(C)C. The van der Waals surface area contributed by atoms with Crippen LogP contribution in [0.3, 0.4) is 0 Å². The summed E-state index contributed by atoms with van der Waals surface area (Å²) in [6.07, 6.45) is 55.3. The zero-order valence-corrected chi connectivity index (χ0v) is 46.2. The normalized spacial score (nSPS) is 12.5. The number of carbonyl (C=O) groups excluding carboxylic acids is 3. The lowest BCUT2D eigenvalue weighted by atomic mass is 9.99. The van der Waals surface area contributed by atoms with Crippen LogP contribution in [-0.4, -0.2) is 37.2 Å². The van der Waals surface area contributed by atoms with E-state index in [0.29, 0.717) is 19.3 Å². The van der Waals surface area contributed by atoms with Gasteiger partial charge in [0.1, 0.15) is 13.2 Å². The molecule has 0 aliphatic carbocycles. The van der Waals surface area contributed by atoms with E-state index in [9.17, 15) is 14.4 Å². The van der Waals surface area contributed by atoms with Crippen molar-refractivity contribution in [3.05, 3.63) is 0 Å². The number of hydrogen-bond donors (Lipinski definition) is 0. The second-order valence-electron chi connectivity index (χ2n) is 22.2. The minimum Gasteiger partial charge on any atom is -0.462 e. The maximum absolute atomic E-state index is 12.9. The van der Waals surface area contributed by atoms with Crippen LogP contribution in [0.2, 0.25) is 0 Å². The standard InChI is InChI=1S/C61H118O6/c1-7-57(6)49-43-37-31-27-28-33-39-45-51-60(63)66-54-58(53-65-59(62)50-44-38-32-25-21-18-14-16-20-24-30-36-42-48-56(4)5)67-61(64)52-46-40-34-26-22-17-13-11-9-8-10-12-15-19-23-29-35-41-47-55(2)3/h55-58H,7-54H2,1-6H3/t57?,58-/m1/s1. The molecule has 398 valence electrons. The summed E-state index contributed by atoms with van der Waals surface area (Å²) in [5.41, 5.74) is 0. The van der Waals surface area contributed by atoms with E-state index in [0.717, 1.165) is 75.5 Å². The van der Waals surface area contributed by atoms with E-state index in [-0.39, 0.29) is 31.1 Å². The van der Waals surface area contributed by atoms with Gasteiger partial charge in [-0.2, -0.15) is 0 Å². The van der Waals surface area contributed by atoms with Gasteiger partial charge in [-0.1, -0.05) is 298 Å². The highest BCUT2D eigenvalue weighted by Crippen LogP contribution is 2.19. The summed E-state index contributed by atoms with van der Waals surface area (Å²) < 4.78 is 16.9. The van der Waals surface area contributed by atoms with Gasteiger partial charge in [0.05, 0.1) is 0 Å². The van der Waals surface area contributed by atoms with Gasteiger partial charge in [0.2, 0.25) is 0 Å². The van der Waals surface area contributed by atoms with E-state index >= 15 is 0 Å². The van der Waals surface area contributed by atoms with E-state index in [1.165, 1.54) is 218 Å². The molecule has 6 heteroatoms. The van der Waals surface area contributed by atoms with Gasteiger partial charge >= 0.3 is 17.9 Å². The Morgan fingerprint density at radius 3 is 0.776 bits per heavy atom. The number of hydrogen-bond acceptors (Lipinski definition) is 6. The first kappa shape index (κ1) is 65.4. The second kappa shape index (κ2) is 52.2. The first-order chi connectivity index (χ1) is 32.6. The molecule has 1 unspecified atom stereocenters. The predicted octanol–water partition coefficient (Wildman–Crippen LogP) is 19.9. The summed E-state index contributed by atoms with van der Waals surface area (Å²) in [7, 11) is 0. The van der Waals surface area contributed by atoms with Crippen LogP contribution in [0.25, 0.3) is 0 Å². The molecule has 0 radical (unpaired) electrons. The molecule has 0 fully saturated rings. The van der Waals surface area contributed by atoms with Gasteiger partial charge in [0, 0.05) is 19.3 Å². The number of rotatable bonds is 54. The summed E-state index contributed by atoms with van der Waals surface area (Å²) in [5, 5.41) is 0. The van der Waals surface area contributed by atoms with Crippen molar-refractivity contribution >= 4 is 17.9 Å². The van der Waals surface area contributed by atoms with Gasteiger partial charge in [-0.15, -0.1) is 0 Å². The Morgan fingerprint density at radius 1 is 0.299 bits per heavy atom. The summed E-state index contributed by atoms with van der Waals surface area (Å²) in [6.45, 7) is 13.8. The quantitative estimate of drug-likeness (QED) is 0.0343. The third-order valence-electron chi connectivity index (χ3n) is 14.3. The molecule has 0 spiro atoms. The van der Waals surface area contributed by atoms with Crippen molar-refractivity contribution < 1.29 is 28.6 Å². The molecule has 0 N–H and O–H groups in total. The average molecular weight is 948 g/mol. The Balaban J connectivity index is 4.26. The summed E-state index contributed by atoms with van der Waals surface area (Å²) in [6, 6.07) is 0. The third-order valence-corrected chi connectivity index (χ3v) is 14.3. The van der Waals surface area contributed by atoms with Gasteiger partial charge in [0.25, 0.3) is 0 Å². The van der Waals surface area contributed by atoms with Gasteiger partial charge < -0.3 is 14.2 Å². The monoisotopic (exact) mass is 947 g/mol. The van der Waals surface area contributed by atoms with Crippen LogP contribution in [0.5, 0.6) is 0 Å². The van der Waals surface area contributed by atoms with Crippen LogP contribution in [-0.2, 0) is 28.6 Å². The lowest BCUT2D eigenvalue weighted by Crippen LogP contribution is -2.30. The predicted molar refractivity (Wildman–Crippen MR) is 289 cm³/mol. The van der Waals surface area contributed by atoms with Crippen LogP contribution >= 0.6 is 0 Å². The molecule has 67 heavy (non-hydrogen) atoms. The van der Waals surface area contributed by atoms with Gasteiger partial charge in [-0.3, -0.25) is 14.4 Å². The smallest absolute Gasteiger partial charge is 0.306 e. The van der Waals surface area contributed by atoms with E-state index in [1.54, 1.807) is 0 Å². The van der Waals surface area contributed by atoms with Crippen molar-refractivity contribution in [1.82, 2.24) is 0 Å². The van der Waals surface area contributed by atoms with Gasteiger partial charge in [-0.25, -0.2) is 0 Å². The summed E-state index contributed by atoms with van der Waals surface area (Å²) >= 11 is 0. The fourth-order valence-electron chi connectivity index (χ4n) is 9.32. The van der Waals surface area contributed by atoms with Crippen molar-refractivity contribution in [3.63, 3.8) is 0 Å². The molecule has 2 atom stereocenters. The molecule has 0 aromatic rings. The fourth-order valence-corrected chi connectivity index (χ4v) is 9.32. The first-order valence-corrected chi connectivity index (χ1v) is 30.1. The first-order valence-electron chi connectivity index (χ1n) is 30.1. The number of unbranched alkanes of at least 4 members (excludes halogenated alkanes) is 36. The van der Waals surface area contributed by atoms with Crippen molar-refractivity contribution in [2.24, 2.45) is 17.8 Å². The average Bonchev–Trinajstić information content (AvgIpc) is 3.30. The highest BCUT2D eigenvalue weighted by atomic mass is 16.6. The number of carbonyl (C=O) groups is 3. The molecule has 0 aliphatic heterocycles. The van der Waals surface area contributed by atoms with Gasteiger partial charge in [-0.05, 0) is 37.0 Å². The molecule has 0 saturated heterocycles. The summed E-state index contributed by atoms with van der Waals surface area (Å²) in [5.74, 6) is 1.70. The Hall–Kier alpha value is -1.59. The highest BCUT2D eigenvalue weighted by molar-refractivity contribution is 5.71. The Kier molecular flexibility index (Phi) is 51.0. The molecule has 0 saturated carbocycles. The third kappa shape index (κ3) is 53.6. The molecule has 6 nitrogen and oxygen atoms in total. The highest BCUT2D eigenvalue weighted by Gasteiger charge is 2.19. The molecule has 0 amide bonds. The second-order valence-corrected chi connectivity index (χ2v) is 22.2. The van der Waals surface area contributed by atoms with Gasteiger partial charge in [0.15, 0.2) is 6.10 Å². The van der Waals surface area contributed by atoms with Crippen molar-refractivity contribution in [3.8, 4) is 0 Å². The molecule has 0 aliphatic rings. The minimum atomic E-state index is -0.764. The zero-order chi connectivity index (χ0) is 49.1. The van der Waals surface area contributed by atoms with Crippen molar-refractivity contribution in [1.29, 1.82) is 0 Å². The molecule has 0 rings (SSSR count). The van der Waals surface area contributed by atoms with E-state index in [1.807, 2.05) is 0 Å². The van der Waals surface area contributed by atoms with E-state index in [2.05, 4.69) is 41.5 Å². The van der Waals surface area contributed by atoms with Crippen LogP contribution in [0.15, 0.2) is 0 Å². The van der Waals surface area contributed by atoms with Crippen molar-refractivity contribution in [2.45, 2.75) is 343 Å². The maximum atomic E-state index is 12.9. The van der Waals surface area contributed by atoms with Crippen LogP contribution in [0.1, 0.15) is 337 Å². The maximum Gasteiger partial charge on any atom is 0.306 e. The summed E-state index contributed by atoms with van der Waals surface area (Å²) in [4.78, 5) is 38.2. The molecule has 0 aromatic heterocycles. The Bertz CT molecular complexity index is 1040. The van der Waals surface area contributed by atoms with E-state index in [4.69, 9.17) is 14.2 Å². The van der Waals surface area contributed by atoms with Crippen LogP contribution in [0, 0.1) is 17.8 Å². The molecular weight excluding hydrogens is 829 g/mol. The topological polar surface area (TPSA) is 78.9 Å². The fraction of sp³-hybridized carbons (Fsp3) is 0.951. The van der Waals surface area contributed by atoms with Crippen molar-refractivity contribution in [2.75, 3.05) is 13.2 Å². The largest absolute Gasteiger partial charge is 0.462 e. The molecular formula is C61H118O6. The molecule has 0 aromatic carbocycles. The van der Waals surface area contributed by atoms with E-state index < -0.39 is 6.10 Å². The Labute approximate surface area is 418 Å². The lowest BCUT2D eigenvalue weighted by Gasteiger charge is -2.18. The molecule has 0 bridgehead atoms. The van der Waals surface area contributed by atoms with Crippen LogP contribution in [0.4, 0.5) is 0 Å². The lowest BCUT2D eigenvalue weighted by molar-refractivity contribution is -0.167.